The summed E-state index contributed by atoms with van der Waals surface area (Å²) in [6.45, 7) is 3.65. The van der Waals surface area contributed by atoms with Crippen molar-refractivity contribution in [1.82, 2.24) is 10.2 Å². The van der Waals surface area contributed by atoms with Gasteiger partial charge in [-0.2, -0.15) is 0 Å². The topological polar surface area (TPSA) is 41.6 Å². The van der Waals surface area contributed by atoms with Gasteiger partial charge in [-0.15, -0.1) is 0 Å². The summed E-state index contributed by atoms with van der Waals surface area (Å²) < 4.78 is 5.76. The number of piperidine rings is 1. The fourth-order valence-corrected chi connectivity index (χ4v) is 3.79. The molecule has 24 heavy (non-hydrogen) atoms. The molecule has 0 atom stereocenters. The van der Waals surface area contributed by atoms with Gasteiger partial charge in [-0.3, -0.25) is 9.69 Å². The minimum absolute atomic E-state index is 0.207. The molecule has 1 aliphatic heterocycles. The third kappa shape index (κ3) is 5.23. The first kappa shape index (κ1) is 17.3. The summed E-state index contributed by atoms with van der Waals surface area (Å²) in [6, 6.07) is 10.4. The Labute approximate surface area is 145 Å². The fraction of sp³-hybridized carbons (Fsp3) is 0.650. The van der Waals surface area contributed by atoms with Gasteiger partial charge in [0.05, 0.1) is 0 Å². The van der Waals surface area contributed by atoms with Crippen LogP contribution in [-0.2, 0) is 4.79 Å². The van der Waals surface area contributed by atoms with Crippen molar-refractivity contribution in [2.24, 2.45) is 5.92 Å². The Morgan fingerprint density at radius 1 is 1.04 bits per heavy atom. The van der Waals surface area contributed by atoms with Crippen molar-refractivity contribution in [2.45, 2.75) is 51.0 Å². The average Bonchev–Trinajstić information content (AvgIpc) is 2.64. The lowest BCUT2D eigenvalue weighted by Gasteiger charge is -2.32. The molecule has 1 aliphatic carbocycles. The van der Waals surface area contributed by atoms with Gasteiger partial charge in [0.25, 0.3) is 0 Å². The number of carbonyl (C=O) groups excluding carboxylic acids is 1. The van der Waals surface area contributed by atoms with Crippen LogP contribution in [0.25, 0.3) is 0 Å². The molecule has 0 bridgehead atoms. The van der Waals surface area contributed by atoms with Crippen LogP contribution in [0.15, 0.2) is 30.3 Å². The number of rotatable bonds is 6. The van der Waals surface area contributed by atoms with E-state index in [0.29, 0.717) is 18.6 Å². The highest BCUT2D eigenvalue weighted by atomic mass is 16.5. The lowest BCUT2D eigenvalue weighted by atomic mass is 9.92. The van der Waals surface area contributed by atoms with E-state index in [9.17, 15) is 4.79 Å². The van der Waals surface area contributed by atoms with Crippen LogP contribution in [0.4, 0.5) is 0 Å². The molecule has 0 aromatic heterocycles. The summed E-state index contributed by atoms with van der Waals surface area (Å²) >= 11 is 0. The molecule has 1 amide bonds. The Bertz CT molecular complexity index is 492. The Kier molecular flexibility index (Phi) is 6.53. The summed E-state index contributed by atoms with van der Waals surface area (Å²) in [7, 11) is 0. The molecule has 4 heteroatoms. The second-order valence-electron chi connectivity index (χ2n) is 7.12. The van der Waals surface area contributed by atoms with Gasteiger partial charge in [0, 0.05) is 18.5 Å². The lowest BCUT2D eigenvalue weighted by Crippen LogP contribution is -2.45. The van der Waals surface area contributed by atoms with Crippen molar-refractivity contribution in [2.75, 3.05) is 26.2 Å². The number of nitrogens with one attached hydrogen (secondary N) is 1. The number of likely N-dealkylation sites (tertiary alicyclic amines) is 1. The second-order valence-corrected chi connectivity index (χ2v) is 7.12. The first-order chi connectivity index (χ1) is 11.8. The van der Waals surface area contributed by atoms with Gasteiger partial charge < -0.3 is 10.1 Å². The molecule has 1 N–H and O–H groups in total. The zero-order valence-corrected chi connectivity index (χ0v) is 14.6. The normalized spacial score (nSPS) is 20.7. The van der Waals surface area contributed by atoms with Crippen molar-refractivity contribution in [3.8, 4) is 5.75 Å². The molecule has 2 fully saturated rings. The van der Waals surface area contributed by atoms with E-state index in [1.54, 1.807) is 0 Å². The van der Waals surface area contributed by atoms with E-state index in [0.717, 1.165) is 38.2 Å². The van der Waals surface area contributed by atoms with Crippen LogP contribution in [0, 0.1) is 5.92 Å². The summed E-state index contributed by atoms with van der Waals surface area (Å²) in [6.07, 6.45) is 8.15. The monoisotopic (exact) mass is 330 g/mol. The molecule has 2 aliphatic rings. The number of amides is 1. The first-order valence-electron chi connectivity index (χ1n) is 9.52. The number of ether oxygens (including phenoxy) is 1. The third-order valence-electron chi connectivity index (χ3n) is 5.33. The molecular formula is C20H30N2O2. The summed E-state index contributed by atoms with van der Waals surface area (Å²) in [4.78, 5) is 14.8. The molecule has 3 rings (SSSR count). The highest BCUT2D eigenvalue weighted by molar-refractivity contribution is 5.79. The summed E-state index contributed by atoms with van der Waals surface area (Å²) in [5.41, 5.74) is 0. The smallest absolute Gasteiger partial charge is 0.223 e. The number of para-hydroxylation sites is 1. The first-order valence-corrected chi connectivity index (χ1v) is 9.52. The fourth-order valence-electron chi connectivity index (χ4n) is 3.79. The molecule has 4 nitrogen and oxygen atoms in total. The second kappa shape index (κ2) is 9.07. The molecule has 0 spiro atoms. The highest BCUT2D eigenvalue weighted by Crippen LogP contribution is 2.21. The van der Waals surface area contributed by atoms with Crippen LogP contribution in [0.1, 0.15) is 44.9 Å². The predicted octanol–water partition coefficient (Wildman–Crippen LogP) is 3.23. The third-order valence-corrected chi connectivity index (χ3v) is 5.33. The van der Waals surface area contributed by atoms with E-state index < -0.39 is 0 Å². The van der Waals surface area contributed by atoms with Gasteiger partial charge in [0.15, 0.2) is 0 Å². The number of carbonyl (C=O) groups is 1. The Balaban J connectivity index is 1.32. The van der Waals surface area contributed by atoms with E-state index in [1.807, 2.05) is 30.3 Å². The lowest BCUT2D eigenvalue weighted by molar-refractivity contribution is -0.127. The number of nitrogens with zero attached hydrogens (tertiary/aromatic N) is 1. The maximum atomic E-state index is 12.4. The standard InChI is InChI=1S/C20H30N2O2/c23-20(21-18-7-3-1-4-8-18)17-11-13-22(14-12-17)15-16-24-19-9-5-2-6-10-19/h2,5-6,9-10,17-18H,1,3-4,7-8,11-16H2,(H,21,23). The summed E-state index contributed by atoms with van der Waals surface area (Å²) in [5, 5.41) is 3.29. The van der Waals surface area contributed by atoms with Crippen LogP contribution < -0.4 is 10.1 Å². The van der Waals surface area contributed by atoms with Crippen molar-refractivity contribution in [3.05, 3.63) is 30.3 Å². The zero-order valence-electron chi connectivity index (χ0n) is 14.6. The van der Waals surface area contributed by atoms with E-state index >= 15 is 0 Å². The molecule has 132 valence electrons. The van der Waals surface area contributed by atoms with E-state index in [2.05, 4.69) is 10.2 Å². The molecule has 0 radical (unpaired) electrons. The Hall–Kier alpha value is -1.55. The number of hydrogen-bond donors (Lipinski definition) is 1. The van der Waals surface area contributed by atoms with Gasteiger partial charge in [-0.1, -0.05) is 37.5 Å². The highest BCUT2D eigenvalue weighted by Gasteiger charge is 2.26. The van der Waals surface area contributed by atoms with Gasteiger partial charge in [0.2, 0.25) is 5.91 Å². The van der Waals surface area contributed by atoms with Gasteiger partial charge in [-0.05, 0) is 50.9 Å². The molecular weight excluding hydrogens is 300 g/mol. The summed E-state index contributed by atoms with van der Waals surface area (Å²) in [5.74, 6) is 1.43. The van der Waals surface area contributed by atoms with Gasteiger partial charge >= 0.3 is 0 Å². The molecule has 1 saturated carbocycles. The average molecular weight is 330 g/mol. The Morgan fingerprint density at radius 3 is 2.46 bits per heavy atom. The van der Waals surface area contributed by atoms with E-state index in [1.165, 1.54) is 32.1 Å². The van der Waals surface area contributed by atoms with E-state index in [-0.39, 0.29) is 5.92 Å². The van der Waals surface area contributed by atoms with Crippen LogP contribution in [0.5, 0.6) is 5.75 Å². The minimum atomic E-state index is 0.207. The number of hydrogen-bond acceptors (Lipinski definition) is 3. The predicted molar refractivity (Wildman–Crippen MR) is 96.1 cm³/mol. The van der Waals surface area contributed by atoms with Crippen molar-refractivity contribution in [3.63, 3.8) is 0 Å². The largest absolute Gasteiger partial charge is 0.492 e. The van der Waals surface area contributed by atoms with E-state index in [4.69, 9.17) is 4.74 Å². The van der Waals surface area contributed by atoms with Crippen molar-refractivity contribution in [1.29, 1.82) is 0 Å². The number of benzene rings is 1. The Morgan fingerprint density at radius 2 is 1.75 bits per heavy atom. The van der Waals surface area contributed by atoms with Gasteiger partial charge in [-0.25, -0.2) is 0 Å². The zero-order chi connectivity index (χ0) is 16.6. The molecule has 1 aromatic carbocycles. The maximum Gasteiger partial charge on any atom is 0.223 e. The molecule has 1 aromatic rings. The maximum absolute atomic E-state index is 12.4. The van der Waals surface area contributed by atoms with Crippen LogP contribution in [-0.4, -0.2) is 43.1 Å². The van der Waals surface area contributed by atoms with Crippen LogP contribution in [0.2, 0.25) is 0 Å². The van der Waals surface area contributed by atoms with Crippen molar-refractivity contribution >= 4 is 5.91 Å². The molecule has 1 heterocycles. The SMILES string of the molecule is O=C(NC1CCCCC1)C1CCN(CCOc2ccccc2)CC1. The quantitative estimate of drug-likeness (QED) is 0.871. The van der Waals surface area contributed by atoms with Crippen molar-refractivity contribution < 1.29 is 9.53 Å². The molecule has 0 unspecified atom stereocenters. The van der Waals surface area contributed by atoms with Gasteiger partial charge in [0.1, 0.15) is 12.4 Å². The van der Waals surface area contributed by atoms with Crippen LogP contribution >= 0.6 is 0 Å². The van der Waals surface area contributed by atoms with Crippen LogP contribution in [0.3, 0.4) is 0 Å². The minimum Gasteiger partial charge on any atom is -0.492 e. The molecule has 1 saturated heterocycles.